The zero-order valence-corrected chi connectivity index (χ0v) is 6.08. The van der Waals surface area contributed by atoms with Gasteiger partial charge in [0.05, 0.1) is 5.52 Å². The van der Waals surface area contributed by atoms with Gasteiger partial charge in [-0.15, -0.1) is 5.10 Å². The van der Waals surface area contributed by atoms with Crippen LogP contribution in [0.3, 0.4) is 0 Å². The molecule has 4 heteroatoms. The number of fused-ring (bicyclic) bond motifs is 1. The summed E-state index contributed by atoms with van der Waals surface area (Å²) in [7, 11) is 0. The summed E-state index contributed by atoms with van der Waals surface area (Å²) in [6.07, 6.45) is 0. The van der Waals surface area contributed by atoms with Crippen LogP contribution in [0.2, 0.25) is 0 Å². The Morgan fingerprint density at radius 2 is 2.00 bits per heavy atom. The molecule has 1 aromatic carbocycles. The fraction of sp³-hybridized carbons (Fsp3) is 0. The number of rotatable bonds is 0. The SMILES string of the molecule is [Co].c1ccc2[nH]nnc2c1. The third-order valence-electron chi connectivity index (χ3n) is 1.23. The molecule has 0 unspecified atom stereocenters. The maximum Gasteiger partial charge on any atom is 0.112 e. The van der Waals surface area contributed by atoms with Crippen molar-refractivity contribution in [2.24, 2.45) is 0 Å². The summed E-state index contributed by atoms with van der Waals surface area (Å²) >= 11 is 0. The van der Waals surface area contributed by atoms with Gasteiger partial charge in [0.1, 0.15) is 5.52 Å². The average molecular weight is 178 g/mol. The van der Waals surface area contributed by atoms with Crippen LogP contribution in [0.4, 0.5) is 0 Å². The van der Waals surface area contributed by atoms with E-state index in [1.165, 1.54) is 0 Å². The van der Waals surface area contributed by atoms with Crippen molar-refractivity contribution in [1.82, 2.24) is 15.4 Å². The smallest absolute Gasteiger partial charge is 0.112 e. The Kier molecular flexibility index (Phi) is 2.03. The number of nitrogens with zero attached hydrogens (tertiary/aromatic N) is 2. The van der Waals surface area contributed by atoms with Gasteiger partial charge < -0.3 is 0 Å². The minimum atomic E-state index is 0. The van der Waals surface area contributed by atoms with Crippen LogP contribution in [-0.2, 0) is 16.8 Å². The van der Waals surface area contributed by atoms with Crippen molar-refractivity contribution in [2.45, 2.75) is 0 Å². The summed E-state index contributed by atoms with van der Waals surface area (Å²) < 4.78 is 0. The molecule has 0 aliphatic rings. The molecule has 3 nitrogen and oxygen atoms in total. The van der Waals surface area contributed by atoms with Gasteiger partial charge >= 0.3 is 0 Å². The van der Waals surface area contributed by atoms with Gasteiger partial charge in [0, 0.05) is 16.8 Å². The van der Waals surface area contributed by atoms with Gasteiger partial charge in [-0.05, 0) is 12.1 Å². The fourth-order valence-electron chi connectivity index (χ4n) is 0.788. The molecule has 0 aliphatic carbocycles. The minimum absolute atomic E-state index is 0. The molecule has 1 radical (unpaired) electrons. The molecule has 53 valence electrons. The average Bonchev–Trinajstić information content (AvgIpc) is 2.33. The summed E-state index contributed by atoms with van der Waals surface area (Å²) in [4.78, 5) is 0. The number of benzene rings is 1. The number of hydrogen-bond acceptors (Lipinski definition) is 2. The molecule has 1 heterocycles. The van der Waals surface area contributed by atoms with E-state index in [1.807, 2.05) is 24.3 Å². The largest absolute Gasteiger partial charge is 0.258 e. The molecule has 0 saturated heterocycles. The minimum Gasteiger partial charge on any atom is -0.258 e. The Hall–Kier alpha value is -0.874. The molecule has 0 aliphatic heterocycles. The zero-order valence-electron chi connectivity index (χ0n) is 5.04. The molecule has 0 spiro atoms. The first-order chi connectivity index (χ1) is 4.47. The number of hydrogen-bond donors (Lipinski definition) is 1. The molecule has 0 fully saturated rings. The molecule has 10 heavy (non-hydrogen) atoms. The first-order valence-corrected chi connectivity index (χ1v) is 2.72. The summed E-state index contributed by atoms with van der Waals surface area (Å²) in [6, 6.07) is 7.74. The van der Waals surface area contributed by atoms with E-state index < -0.39 is 0 Å². The van der Waals surface area contributed by atoms with E-state index in [0.29, 0.717) is 0 Å². The van der Waals surface area contributed by atoms with Crippen LogP contribution in [-0.4, -0.2) is 15.4 Å². The summed E-state index contributed by atoms with van der Waals surface area (Å²) in [5.74, 6) is 0. The van der Waals surface area contributed by atoms with E-state index in [1.54, 1.807) is 0 Å². The van der Waals surface area contributed by atoms with E-state index in [-0.39, 0.29) is 16.8 Å². The topological polar surface area (TPSA) is 41.6 Å². The predicted octanol–water partition coefficient (Wildman–Crippen LogP) is 0.955. The second-order valence-corrected chi connectivity index (χ2v) is 1.83. The number of aromatic amines is 1. The third kappa shape index (κ3) is 1.03. The van der Waals surface area contributed by atoms with E-state index in [2.05, 4.69) is 15.4 Å². The van der Waals surface area contributed by atoms with Crippen molar-refractivity contribution in [1.29, 1.82) is 0 Å². The Balaban J connectivity index is 0.000000500. The van der Waals surface area contributed by atoms with Crippen molar-refractivity contribution in [3.63, 3.8) is 0 Å². The first kappa shape index (κ1) is 7.24. The fourth-order valence-corrected chi connectivity index (χ4v) is 0.788. The maximum absolute atomic E-state index is 3.81. The molecule has 0 amide bonds. The Morgan fingerprint density at radius 3 is 2.80 bits per heavy atom. The van der Waals surface area contributed by atoms with Gasteiger partial charge in [-0.1, -0.05) is 17.3 Å². The van der Waals surface area contributed by atoms with E-state index in [9.17, 15) is 0 Å². The Morgan fingerprint density at radius 1 is 1.20 bits per heavy atom. The molecule has 1 N–H and O–H groups in total. The van der Waals surface area contributed by atoms with Gasteiger partial charge in [-0.25, -0.2) is 0 Å². The molecule has 2 aromatic rings. The van der Waals surface area contributed by atoms with Crippen LogP contribution in [0.5, 0.6) is 0 Å². The standard InChI is InChI=1S/C6H5N3.Co/c1-2-4-6-5(3-1)7-9-8-6;/h1-4H,(H,7,8,9);. The normalized spacial score (nSPS) is 9.20. The molecular weight excluding hydrogens is 173 g/mol. The van der Waals surface area contributed by atoms with Crippen LogP contribution in [0.25, 0.3) is 11.0 Å². The third-order valence-corrected chi connectivity index (χ3v) is 1.23. The molecule has 0 bridgehead atoms. The Labute approximate surface area is 68.0 Å². The Bertz CT molecular complexity index is 287. The quantitative estimate of drug-likeness (QED) is 0.652. The molecular formula is C6H5CoN3. The van der Waals surface area contributed by atoms with Gasteiger partial charge in [-0.3, -0.25) is 5.10 Å². The molecule has 0 atom stereocenters. The molecule has 0 saturated carbocycles. The van der Waals surface area contributed by atoms with Crippen molar-refractivity contribution in [3.8, 4) is 0 Å². The van der Waals surface area contributed by atoms with E-state index in [0.717, 1.165) is 11.0 Å². The maximum atomic E-state index is 3.81. The van der Waals surface area contributed by atoms with Crippen molar-refractivity contribution < 1.29 is 16.8 Å². The monoisotopic (exact) mass is 178 g/mol. The summed E-state index contributed by atoms with van der Waals surface area (Å²) in [6.45, 7) is 0. The van der Waals surface area contributed by atoms with Gasteiger partial charge in [0.15, 0.2) is 0 Å². The van der Waals surface area contributed by atoms with Gasteiger partial charge in [-0.2, -0.15) is 0 Å². The predicted molar refractivity (Wildman–Crippen MR) is 33.9 cm³/mol. The number of para-hydroxylation sites is 1. The van der Waals surface area contributed by atoms with E-state index in [4.69, 9.17) is 0 Å². The van der Waals surface area contributed by atoms with Crippen LogP contribution in [0.1, 0.15) is 0 Å². The van der Waals surface area contributed by atoms with Crippen LogP contribution < -0.4 is 0 Å². The van der Waals surface area contributed by atoms with Crippen LogP contribution in [0, 0.1) is 0 Å². The summed E-state index contributed by atoms with van der Waals surface area (Å²) in [5, 5.41) is 10.2. The van der Waals surface area contributed by atoms with E-state index >= 15 is 0 Å². The number of H-pyrrole nitrogens is 1. The molecule has 2 rings (SSSR count). The number of nitrogens with one attached hydrogen (secondary N) is 1. The zero-order chi connectivity index (χ0) is 6.10. The summed E-state index contributed by atoms with van der Waals surface area (Å²) in [5.41, 5.74) is 1.90. The van der Waals surface area contributed by atoms with Crippen molar-refractivity contribution in [3.05, 3.63) is 24.3 Å². The second-order valence-electron chi connectivity index (χ2n) is 1.83. The van der Waals surface area contributed by atoms with Crippen molar-refractivity contribution in [2.75, 3.05) is 0 Å². The van der Waals surface area contributed by atoms with Crippen molar-refractivity contribution >= 4 is 11.0 Å². The van der Waals surface area contributed by atoms with Gasteiger partial charge in [0.2, 0.25) is 0 Å². The van der Waals surface area contributed by atoms with Gasteiger partial charge in [0.25, 0.3) is 0 Å². The van der Waals surface area contributed by atoms with Crippen LogP contribution in [0.15, 0.2) is 24.3 Å². The molecule has 1 aromatic heterocycles. The van der Waals surface area contributed by atoms with Crippen LogP contribution >= 0.6 is 0 Å². The first-order valence-electron chi connectivity index (χ1n) is 2.72. The number of aromatic nitrogens is 3. The second kappa shape index (κ2) is 2.81.